The van der Waals surface area contributed by atoms with Crippen LogP contribution >= 0.6 is 0 Å². The van der Waals surface area contributed by atoms with E-state index in [9.17, 15) is 22.4 Å². The summed E-state index contributed by atoms with van der Waals surface area (Å²) in [6, 6.07) is 6.96. The van der Waals surface area contributed by atoms with E-state index in [0.717, 1.165) is 26.4 Å². The molecule has 0 aliphatic rings. The lowest BCUT2D eigenvalue weighted by molar-refractivity contribution is 0.0599. The van der Waals surface area contributed by atoms with Gasteiger partial charge in [0.05, 0.1) is 35.9 Å². The highest BCUT2D eigenvalue weighted by Gasteiger charge is 2.20. The van der Waals surface area contributed by atoms with Gasteiger partial charge in [-0.1, -0.05) is 6.07 Å². The van der Waals surface area contributed by atoms with E-state index in [1.54, 1.807) is 0 Å². The average molecular weight is 381 g/mol. The Morgan fingerprint density at radius 2 is 1.50 bits per heavy atom. The Morgan fingerprint density at radius 1 is 0.962 bits per heavy atom. The lowest BCUT2D eigenvalue weighted by Crippen LogP contribution is -2.16. The molecule has 0 aromatic heterocycles. The fourth-order valence-electron chi connectivity index (χ4n) is 2.23. The van der Waals surface area contributed by atoms with Crippen LogP contribution in [-0.2, 0) is 19.5 Å². The van der Waals surface area contributed by atoms with Crippen LogP contribution in [0, 0.1) is 12.7 Å². The predicted molar refractivity (Wildman–Crippen MR) is 91.1 cm³/mol. The van der Waals surface area contributed by atoms with Crippen molar-refractivity contribution in [2.75, 3.05) is 18.9 Å². The second kappa shape index (κ2) is 7.52. The molecule has 2 aromatic carbocycles. The van der Waals surface area contributed by atoms with Gasteiger partial charge in [0, 0.05) is 0 Å². The average Bonchev–Trinajstić information content (AvgIpc) is 2.61. The molecule has 0 radical (unpaired) electrons. The first kappa shape index (κ1) is 19.4. The summed E-state index contributed by atoms with van der Waals surface area (Å²) in [4.78, 5) is 23.3. The van der Waals surface area contributed by atoms with E-state index >= 15 is 0 Å². The second-order valence-electron chi connectivity index (χ2n) is 5.30. The van der Waals surface area contributed by atoms with E-state index in [0.29, 0.717) is 5.56 Å². The van der Waals surface area contributed by atoms with Crippen LogP contribution in [0.25, 0.3) is 0 Å². The molecule has 9 heteroatoms. The number of carbonyl (C=O) groups excluding carboxylic acids is 2. The number of methoxy groups -OCH3 is 2. The number of carbonyl (C=O) groups is 2. The molecule has 0 saturated heterocycles. The lowest BCUT2D eigenvalue weighted by atomic mass is 10.1. The largest absolute Gasteiger partial charge is 0.465 e. The molecule has 0 spiro atoms. The number of benzene rings is 2. The molecular weight excluding hydrogens is 365 g/mol. The smallest absolute Gasteiger partial charge is 0.337 e. The summed E-state index contributed by atoms with van der Waals surface area (Å²) in [7, 11) is -1.87. The van der Waals surface area contributed by atoms with Gasteiger partial charge < -0.3 is 9.47 Å². The van der Waals surface area contributed by atoms with Gasteiger partial charge in [0.15, 0.2) is 0 Å². The third kappa shape index (κ3) is 4.17. The third-order valence-electron chi connectivity index (χ3n) is 3.47. The monoisotopic (exact) mass is 381 g/mol. The van der Waals surface area contributed by atoms with Gasteiger partial charge in [-0.05, 0) is 42.8 Å². The zero-order valence-electron chi connectivity index (χ0n) is 14.2. The number of rotatable bonds is 5. The van der Waals surface area contributed by atoms with Crippen LogP contribution < -0.4 is 4.72 Å². The summed E-state index contributed by atoms with van der Waals surface area (Å²) in [5.74, 6) is -2.24. The number of sulfonamides is 1. The van der Waals surface area contributed by atoms with Gasteiger partial charge in [-0.25, -0.2) is 22.4 Å². The van der Waals surface area contributed by atoms with Crippen molar-refractivity contribution in [2.45, 2.75) is 11.8 Å². The second-order valence-corrected chi connectivity index (χ2v) is 6.95. The molecule has 26 heavy (non-hydrogen) atoms. The van der Waals surface area contributed by atoms with E-state index in [-0.39, 0.29) is 21.7 Å². The molecule has 0 bridgehead atoms. The minimum atomic E-state index is -4.16. The van der Waals surface area contributed by atoms with E-state index in [2.05, 4.69) is 14.2 Å². The van der Waals surface area contributed by atoms with Crippen LogP contribution in [0.4, 0.5) is 10.1 Å². The van der Waals surface area contributed by atoms with Crippen molar-refractivity contribution in [3.05, 3.63) is 58.9 Å². The van der Waals surface area contributed by atoms with Crippen LogP contribution in [0.5, 0.6) is 0 Å². The fourth-order valence-corrected chi connectivity index (χ4v) is 3.53. The molecule has 138 valence electrons. The number of ether oxygens (including phenoxy) is 2. The normalized spacial score (nSPS) is 10.9. The molecule has 2 aromatic rings. The van der Waals surface area contributed by atoms with Crippen molar-refractivity contribution in [3.63, 3.8) is 0 Å². The summed E-state index contributed by atoms with van der Waals surface area (Å²) in [6.07, 6.45) is 0. The highest BCUT2D eigenvalue weighted by Crippen LogP contribution is 2.23. The van der Waals surface area contributed by atoms with Crippen molar-refractivity contribution in [1.29, 1.82) is 0 Å². The van der Waals surface area contributed by atoms with Crippen molar-refractivity contribution < 1.29 is 31.9 Å². The van der Waals surface area contributed by atoms with Gasteiger partial charge in [-0.3, -0.25) is 4.72 Å². The van der Waals surface area contributed by atoms with Crippen LogP contribution in [-0.4, -0.2) is 34.6 Å². The zero-order chi connectivity index (χ0) is 19.5. The Kier molecular flexibility index (Phi) is 5.61. The summed E-state index contributed by atoms with van der Waals surface area (Å²) < 4.78 is 50.0. The summed E-state index contributed by atoms with van der Waals surface area (Å²) in [5.41, 5.74) is 0.154. The lowest BCUT2D eigenvalue weighted by Gasteiger charge is -2.12. The highest BCUT2D eigenvalue weighted by molar-refractivity contribution is 7.92. The number of hydrogen-bond donors (Lipinski definition) is 1. The van der Waals surface area contributed by atoms with Gasteiger partial charge in [-0.15, -0.1) is 0 Å². The Morgan fingerprint density at radius 3 is 2.00 bits per heavy atom. The van der Waals surface area contributed by atoms with E-state index in [1.165, 1.54) is 31.2 Å². The molecule has 0 unspecified atom stereocenters. The van der Waals surface area contributed by atoms with Crippen LogP contribution in [0.1, 0.15) is 26.3 Å². The first-order valence-corrected chi connectivity index (χ1v) is 8.77. The number of esters is 2. The summed E-state index contributed by atoms with van der Waals surface area (Å²) in [6.45, 7) is 1.51. The molecule has 0 aliphatic heterocycles. The first-order valence-electron chi connectivity index (χ1n) is 7.28. The van der Waals surface area contributed by atoms with Crippen molar-refractivity contribution in [3.8, 4) is 0 Å². The number of anilines is 1. The van der Waals surface area contributed by atoms with Crippen molar-refractivity contribution in [2.24, 2.45) is 0 Å². The molecule has 0 atom stereocenters. The molecule has 0 amide bonds. The van der Waals surface area contributed by atoms with Gasteiger partial charge in [0.1, 0.15) is 5.82 Å². The topological polar surface area (TPSA) is 98.8 Å². The fraction of sp³-hybridized carbons (Fsp3) is 0.176. The predicted octanol–water partition coefficient (Wildman–Crippen LogP) is 2.51. The quantitative estimate of drug-likeness (QED) is 0.799. The van der Waals surface area contributed by atoms with Gasteiger partial charge in [-0.2, -0.15) is 0 Å². The first-order chi connectivity index (χ1) is 12.2. The van der Waals surface area contributed by atoms with Crippen LogP contribution in [0.2, 0.25) is 0 Å². The molecule has 0 saturated carbocycles. The highest BCUT2D eigenvalue weighted by atomic mass is 32.2. The Balaban J connectivity index is 2.52. The number of aryl methyl sites for hydroxylation is 1. The molecule has 0 heterocycles. The minimum Gasteiger partial charge on any atom is -0.465 e. The van der Waals surface area contributed by atoms with Gasteiger partial charge >= 0.3 is 11.9 Å². The van der Waals surface area contributed by atoms with E-state index in [1.807, 2.05) is 0 Å². The van der Waals surface area contributed by atoms with Crippen LogP contribution in [0.3, 0.4) is 0 Å². The number of nitrogens with one attached hydrogen (secondary N) is 1. The maximum Gasteiger partial charge on any atom is 0.337 e. The molecule has 2 rings (SSSR count). The summed E-state index contributed by atoms with van der Waals surface area (Å²) >= 11 is 0. The van der Waals surface area contributed by atoms with E-state index in [4.69, 9.17) is 0 Å². The van der Waals surface area contributed by atoms with E-state index < -0.39 is 27.8 Å². The minimum absolute atomic E-state index is 0.0518. The third-order valence-corrected chi connectivity index (χ3v) is 4.99. The summed E-state index contributed by atoms with van der Waals surface area (Å²) in [5, 5.41) is 0. The maximum atomic E-state index is 13.4. The molecule has 1 N–H and O–H groups in total. The van der Waals surface area contributed by atoms with Crippen LogP contribution in [0.15, 0.2) is 41.3 Å². The Bertz CT molecular complexity index is 937. The number of hydrogen-bond acceptors (Lipinski definition) is 6. The standard InChI is InChI=1S/C17H16FNO6S/c1-10-4-5-13(18)9-15(10)26(22,23)19-14-7-11(16(20)24-2)6-12(8-14)17(21)25-3/h4-9,19H,1-3H3. The SMILES string of the molecule is COC(=O)c1cc(NS(=O)(=O)c2cc(F)ccc2C)cc(C(=O)OC)c1. The van der Waals surface area contributed by atoms with Crippen molar-refractivity contribution in [1.82, 2.24) is 0 Å². The molecule has 7 nitrogen and oxygen atoms in total. The Labute approximate surface area is 149 Å². The Hall–Kier alpha value is -2.94. The number of halogens is 1. The molecular formula is C17H16FNO6S. The van der Waals surface area contributed by atoms with Gasteiger partial charge in [0.25, 0.3) is 10.0 Å². The zero-order valence-corrected chi connectivity index (χ0v) is 15.0. The molecule has 0 fully saturated rings. The van der Waals surface area contributed by atoms with Gasteiger partial charge in [0.2, 0.25) is 0 Å². The molecule has 0 aliphatic carbocycles. The van der Waals surface area contributed by atoms with Crippen molar-refractivity contribution >= 4 is 27.6 Å². The maximum absolute atomic E-state index is 13.4.